The molecule has 52 heavy (non-hydrogen) atoms. The molecule has 0 bridgehead atoms. The zero-order valence-corrected chi connectivity index (χ0v) is 28.2. The maximum Gasteiger partial charge on any atom is 0.191 e. The van der Waals surface area contributed by atoms with Gasteiger partial charge in [0, 0.05) is 39.7 Å². The van der Waals surface area contributed by atoms with Gasteiger partial charge in [-0.25, -0.2) is 9.83 Å². The quantitative estimate of drug-likeness (QED) is 0.158. The van der Waals surface area contributed by atoms with Crippen LogP contribution in [0.2, 0.25) is 0 Å². The van der Waals surface area contributed by atoms with Crippen LogP contribution in [0, 0.1) is 13.5 Å². The van der Waals surface area contributed by atoms with Gasteiger partial charge in [-0.15, -0.1) is 10.2 Å². The lowest BCUT2D eigenvalue weighted by Gasteiger charge is -2.19. The topological polar surface area (TPSA) is 62.1 Å². The van der Waals surface area contributed by atoms with Crippen LogP contribution in [0.15, 0.2) is 164 Å². The van der Waals surface area contributed by atoms with Gasteiger partial charge in [0.2, 0.25) is 0 Å². The van der Waals surface area contributed by atoms with E-state index in [1.165, 1.54) is 0 Å². The molecular formula is C45H30N6O. The number of nitrogens with zero attached hydrogens (tertiary/aromatic N) is 6. The third kappa shape index (κ3) is 5.36. The van der Waals surface area contributed by atoms with Crippen molar-refractivity contribution in [2.75, 3.05) is 0 Å². The van der Waals surface area contributed by atoms with E-state index in [9.17, 15) is 0 Å². The van der Waals surface area contributed by atoms with E-state index in [2.05, 4.69) is 84.7 Å². The number of hydrogen-bond acceptors (Lipinski definition) is 4. The van der Waals surface area contributed by atoms with E-state index < -0.39 is 0 Å². The van der Waals surface area contributed by atoms with Gasteiger partial charge in [-0.1, -0.05) is 103 Å². The van der Waals surface area contributed by atoms with Crippen LogP contribution < -0.4 is 4.74 Å². The fourth-order valence-electron chi connectivity index (χ4n) is 7.02. The Morgan fingerprint density at radius 2 is 1.25 bits per heavy atom. The first-order valence-corrected chi connectivity index (χ1v) is 17.0. The Labute approximate surface area is 300 Å². The van der Waals surface area contributed by atoms with E-state index in [0.717, 1.165) is 67.0 Å². The summed E-state index contributed by atoms with van der Waals surface area (Å²) in [6.45, 7) is 9.96. The van der Waals surface area contributed by atoms with Gasteiger partial charge < -0.3 is 4.74 Å². The Bertz CT molecular complexity index is 2720. The van der Waals surface area contributed by atoms with Crippen molar-refractivity contribution < 1.29 is 4.74 Å². The van der Waals surface area contributed by atoms with Crippen LogP contribution in [0.25, 0.3) is 71.8 Å². The Morgan fingerprint density at radius 3 is 1.96 bits per heavy atom. The average Bonchev–Trinajstić information content (AvgIpc) is 3.75. The molecule has 0 amide bonds. The van der Waals surface area contributed by atoms with E-state index >= 15 is 0 Å². The second kappa shape index (κ2) is 12.9. The highest BCUT2D eigenvalue weighted by molar-refractivity contribution is 6.09. The van der Waals surface area contributed by atoms with E-state index in [1.54, 1.807) is 12.3 Å². The summed E-state index contributed by atoms with van der Waals surface area (Å²) in [5, 5.41) is 11.5. The minimum atomic E-state index is 0.433. The standard InChI is InChI=1S/C45H30N6O/c1-30-48-49-45(50(30)44-37(31-14-5-3-6-15-31)19-13-20-38(44)32-16-7-4-8-17-32)33-26-34(46-2)28-36(27-33)52-35-23-24-40-39-18-9-10-21-41(39)51(42(40)29-35)43-22-11-12-25-47-43/h3-29H,1H3. The Balaban J connectivity index is 1.19. The predicted molar refractivity (Wildman–Crippen MR) is 207 cm³/mol. The second-order valence-corrected chi connectivity index (χ2v) is 12.5. The minimum absolute atomic E-state index is 0.433. The molecule has 0 aliphatic carbocycles. The molecule has 0 N–H and O–H groups in total. The normalized spacial score (nSPS) is 11.2. The lowest BCUT2D eigenvalue weighted by Crippen LogP contribution is -2.05. The van der Waals surface area contributed by atoms with Crippen molar-refractivity contribution in [1.29, 1.82) is 0 Å². The number of hydrogen-bond donors (Lipinski definition) is 0. The van der Waals surface area contributed by atoms with Gasteiger partial charge in [0.1, 0.15) is 23.1 Å². The minimum Gasteiger partial charge on any atom is -0.459 e. The fourth-order valence-corrected chi connectivity index (χ4v) is 7.02. The molecule has 3 heterocycles. The number of benzene rings is 6. The van der Waals surface area contributed by atoms with Crippen LogP contribution >= 0.6 is 0 Å². The first kappa shape index (κ1) is 30.7. The van der Waals surface area contributed by atoms with Crippen LogP contribution in [-0.2, 0) is 0 Å². The summed E-state index contributed by atoms with van der Waals surface area (Å²) in [5.74, 6) is 3.32. The molecule has 0 fully saturated rings. The van der Waals surface area contributed by atoms with Crippen molar-refractivity contribution in [2.45, 2.75) is 6.92 Å². The Morgan fingerprint density at radius 1 is 0.558 bits per heavy atom. The number of pyridine rings is 1. The molecule has 0 atom stereocenters. The van der Waals surface area contributed by atoms with Crippen LogP contribution in [0.4, 0.5) is 5.69 Å². The first-order chi connectivity index (χ1) is 25.7. The third-order valence-corrected chi connectivity index (χ3v) is 9.29. The largest absolute Gasteiger partial charge is 0.459 e. The summed E-state index contributed by atoms with van der Waals surface area (Å²) in [6.07, 6.45) is 1.80. The van der Waals surface area contributed by atoms with E-state index in [-0.39, 0.29) is 0 Å². The molecule has 9 rings (SSSR count). The molecule has 3 aromatic heterocycles. The van der Waals surface area contributed by atoms with Crippen molar-refractivity contribution in [2.24, 2.45) is 0 Å². The smallest absolute Gasteiger partial charge is 0.191 e. The highest BCUT2D eigenvalue weighted by Crippen LogP contribution is 2.41. The van der Waals surface area contributed by atoms with Crippen LogP contribution in [0.1, 0.15) is 5.82 Å². The van der Waals surface area contributed by atoms with Crippen molar-refractivity contribution in [3.8, 4) is 56.6 Å². The molecule has 0 unspecified atom stereocenters. The van der Waals surface area contributed by atoms with Crippen LogP contribution in [0.3, 0.4) is 0 Å². The van der Waals surface area contributed by atoms with Crippen LogP contribution in [-0.4, -0.2) is 24.3 Å². The van der Waals surface area contributed by atoms with Gasteiger partial charge in [0.15, 0.2) is 11.5 Å². The summed E-state index contributed by atoms with van der Waals surface area (Å²) in [4.78, 5) is 8.49. The van der Waals surface area contributed by atoms with Crippen molar-refractivity contribution in [1.82, 2.24) is 24.3 Å². The SMILES string of the molecule is [C-]#[N+]c1cc(Oc2ccc3c4ccccc4n(-c4ccccn4)c3c2)cc(-c2nnc(C)n2-c2c(-c3ccccc3)cccc2-c2ccccc2)c1. The molecule has 0 saturated heterocycles. The van der Waals surface area contributed by atoms with Gasteiger partial charge in [-0.3, -0.25) is 9.13 Å². The molecular weight excluding hydrogens is 641 g/mol. The molecule has 9 aromatic rings. The maximum atomic E-state index is 8.00. The Hall–Kier alpha value is -7.30. The summed E-state index contributed by atoms with van der Waals surface area (Å²) in [7, 11) is 0. The number of fused-ring (bicyclic) bond motifs is 3. The highest BCUT2D eigenvalue weighted by Gasteiger charge is 2.22. The van der Waals surface area contributed by atoms with Crippen molar-refractivity contribution in [3.63, 3.8) is 0 Å². The lowest BCUT2D eigenvalue weighted by molar-refractivity contribution is 0.484. The van der Waals surface area contributed by atoms with Crippen molar-refractivity contribution >= 4 is 27.5 Å². The molecule has 0 aliphatic rings. The zero-order valence-electron chi connectivity index (χ0n) is 28.2. The summed E-state index contributed by atoms with van der Waals surface area (Å²) >= 11 is 0. The number of aromatic nitrogens is 5. The molecule has 7 nitrogen and oxygen atoms in total. The average molecular weight is 671 g/mol. The zero-order chi connectivity index (χ0) is 35.0. The molecule has 0 saturated carbocycles. The van der Waals surface area contributed by atoms with E-state index in [0.29, 0.717) is 23.0 Å². The highest BCUT2D eigenvalue weighted by atomic mass is 16.5. The third-order valence-electron chi connectivity index (χ3n) is 9.29. The molecule has 7 heteroatoms. The molecule has 246 valence electrons. The number of ether oxygens (including phenoxy) is 1. The van der Waals surface area contributed by atoms with E-state index in [1.807, 2.05) is 97.9 Å². The van der Waals surface area contributed by atoms with Gasteiger partial charge in [0.05, 0.1) is 23.3 Å². The van der Waals surface area contributed by atoms with Gasteiger partial charge >= 0.3 is 0 Å². The van der Waals surface area contributed by atoms with Gasteiger partial charge in [-0.05, 0) is 66.6 Å². The maximum absolute atomic E-state index is 8.00. The number of para-hydroxylation sites is 2. The number of aryl methyl sites for hydroxylation is 1. The Kier molecular flexibility index (Phi) is 7.60. The molecule has 0 radical (unpaired) electrons. The van der Waals surface area contributed by atoms with Gasteiger partial charge in [0.25, 0.3) is 0 Å². The lowest BCUT2D eigenvalue weighted by atomic mass is 9.95. The summed E-state index contributed by atoms with van der Waals surface area (Å²) in [5.41, 5.74) is 8.38. The first-order valence-electron chi connectivity index (χ1n) is 17.0. The number of rotatable bonds is 7. The van der Waals surface area contributed by atoms with Crippen molar-refractivity contribution in [3.05, 3.63) is 181 Å². The molecule has 0 aliphatic heterocycles. The van der Waals surface area contributed by atoms with Gasteiger partial charge in [-0.2, -0.15) is 0 Å². The van der Waals surface area contributed by atoms with Crippen LogP contribution in [0.5, 0.6) is 11.5 Å². The molecule has 6 aromatic carbocycles. The molecule has 0 spiro atoms. The summed E-state index contributed by atoms with van der Waals surface area (Å²) in [6, 6.07) is 52.9. The monoisotopic (exact) mass is 670 g/mol. The van der Waals surface area contributed by atoms with E-state index in [4.69, 9.17) is 16.4 Å². The second-order valence-electron chi connectivity index (χ2n) is 12.5. The summed E-state index contributed by atoms with van der Waals surface area (Å²) < 4.78 is 10.8. The predicted octanol–water partition coefficient (Wildman–Crippen LogP) is 11.4. The fraction of sp³-hybridized carbons (Fsp3) is 0.0222.